The van der Waals surface area contributed by atoms with Crippen LogP contribution in [0.4, 0.5) is 13.2 Å². The highest BCUT2D eigenvalue weighted by Gasteiger charge is 2.30. The van der Waals surface area contributed by atoms with E-state index in [1.165, 1.54) is 6.07 Å². The minimum absolute atomic E-state index is 0.601. The molecule has 0 aliphatic heterocycles. The maximum absolute atomic E-state index is 12.3. The van der Waals surface area contributed by atoms with Crippen LogP contribution in [0, 0.1) is 0 Å². The Kier molecular flexibility index (Phi) is 2.99. The number of halogens is 3. The summed E-state index contributed by atoms with van der Waals surface area (Å²) in [6, 6.07) is 5.33. The van der Waals surface area contributed by atoms with Gasteiger partial charge in [-0.15, -0.1) is 0 Å². The van der Waals surface area contributed by atoms with Crippen LogP contribution in [-0.2, 0) is 6.18 Å². The Morgan fingerprint density at radius 1 is 1.29 bits per heavy atom. The van der Waals surface area contributed by atoms with Crippen molar-refractivity contribution in [2.75, 3.05) is 0 Å². The maximum atomic E-state index is 12.3. The Labute approximate surface area is 81.1 Å². The molecule has 1 aromatic carbocycles. The molecule has 0 nitrogen and oxygen atoms in total. The Morgan fingerprint density at radius 2 is 1.93 bits per heavy atom. The summed E-state index contributed by atoms with van der Waals surface area (Å²) in [6.45, 7) is 3.59. The number of alkyl halides is 3. The number of rotatable bonds is 1. The third-order valence-electron chi connectivity index (χ3n) is 2.08. The van der Waals surface area contributed by atoms with Gasteiger partial charge in [-0.1, -0.05) is 18.2 Å². The predicted octanol–water partition coefficient (Wildman–Crippen LogP) is 4.13. The quantitative estimate of drug-likeness (QED) is 0.639. The second-order valence-corrected chi connectivity index (χ2v) is 3.05. The molecule has 0 aromatic heterocycles. The van der Waals surface area contributed by atoms with Crippen LogP contribution in [0.3, 0.4) is 0 Å². The third kappa shape index (κ3) is 2.37. The van der Waals surface area contributed by atoms with Crippen molar-refractivity contribution in [3.05, 3.63) is 41.5 Å². The van der Waals surface area contributed by atoms with Gasteiger partial charge in [0, 0.05) is 0 Å². The van der Waals surface area contributed by atoms with Crippen LogP contribution in [0.25, 0.3) is 5.57 Å². The van der Waals surface area contributed by atoms with Crippen molar-refractivity contribution in [1.82, 2.24) is 0 Å². The van der Waals surface area contributed by atoms with Gasteiger partial charge >= 0.3 is 6.18 Å². The van der Waals surface area contributed by atoms with E-state index in [0.29, 0.717) is 5.56 Å². The van der Waals surface area contributed by atoms with Gasteiger partial charge < -0.3 is 0 Å². The first kappa shape index (κ1) is 10.8. The summed E-state index contributed by atoms with van der Waals surface area (Å²) in [5.41, 5.74) is 0.856. The van der Waals surface area contributed by atoms with Crippen LogP contribution in [0.15, 0.2) is 30.3 Å². The fourth-order valence-corrected chi connectivity index (χ4v) is 1.11. The number of hydrogen-bond donors (Lipinski definition) is 0. The van der Waals surface area contributed by atoms with Crippen molar-refractivity contribution in [3.8, 4) is 0 Å². The first-order valence-corrected chi connectivity index (χ1v) is 4.25. The van der Waals surface area contributed by atoms with Crippen LogP contribution in [-0.4, -0.2) is 0 Å². The predicted molar refractivity (Wildman–Crippen MR) is 50.8 cm³/mol. The molecule has 0 amide bonds. The second-order valence-electron chi connectivity index (χ2n) is 3.05. The molecule has 0 unspecified atom stereocenters. The van der Waals surface area contributed by atoms with E-state index in [1.807, 2.05) is 0 Å². The SMILES string of the molecule is C/C=C(\C)c1cccc(C(F)(F)F)c1. The molecule has 0 spiro atoms. The van der Waals surface area contributed by atoms with Crippen molar-refractivity contribution in [2.24, 2.45) is 0 Å². The topological polar surface area (TPSA) is 0 Å². The summed E-state index contributed by atoms with van der Waals surface area (Å²) in [7, 11) is 0. The molecule has 76 valence electrons. The summed E-state index contributed by atoms with van der Waals surface area (Å²) in [4.78, 5) is 0. The summed E-state index contributed by atoms with van der Waals surface area (Å²) < 4.78 is 36.9. The standard InChI is InChI=1S/C11H11F3/c1-3-8(2)9-5-4-6-10(7-9)11(12,13)14/h3-7H,1-2H3/b8-3+. The molecular weight excluding hydrogens is 189 g/mol. The highest BCUT2D eigenvalue weighted by atomic mass is 19.4. The zero-order chi connectivity index (χ0) is 10.8. The van der Waals surface area contributed by atoms with E-state index in [-0.39, 0.29) is 0 Å². The number of benzene rings is 1. The highest BCUT2D eigenvalue weighted by molar-refractivity contribution is 5.63. The van der Waals surface area contributed by atoms with Crippen molar-refractivity contribution in [1.29, 1.82) is 0 Å². The average molecular weight is 200 g/mol. The molecule has 1 aromatic rings. The first-order chi connectivity index (χ1) is 6.45. The zero-order valence-electron chi connectivity index (χ0n) is 8.02. The van der Waals surface area contributed by atoms with Gasteiger partial charge in [-0.2, -0.15) is 13.2 Å². The van der Waals surface area contributed by atoms with Gasteiger partial charge in [0.2, 0.25) is 0 Å². The summed E-state index contributed by atoms with van der Waals surface area (Å²) in [6.07, 6.45) is -2.47. The van der Waals surface area contributed by atoms with Crippen molar-refractivity contribution in [2.45, 2.75) is 20.0 Å². The molecule has 0 saturated carbocycles. The van der Waals surface area contributed by atoms with E-state index >= 15 is 0 Å². The average Bonchev–Trinajstić information content (AvgIpc) is 2.15. The Hall–Kier alpha value is -1.25. The van der Waals surface area contributed by atoms with E-state index in [1.54, 1.807) is 26.0 Å². The Balaban J connectivity index is 3.14. The van der Waals surface area contributed by atoms with Crippen LogP contribution in [0.5, 0.6) is 0 Å². The van der Waals surface area contributed by atoms with Crippen molar-refractivity contribution in [3.63, 3.8) is 0 Å². The lowest BCUT2D eigenvalue weighted by Gasteiger charge is -2.08. The molecule has 0 fully saturated rings. The van der Waals surface area contributed by atoms with Crippen LogP contribution in [0.1, 0.15) is 25.0 Å². The molecule has 0 heterocycles. The molecule has 0 N–H and O–H groups in total. The molecule has 0 atom stereocenters. The summed E-state index contributed by atoms with van der Waals surface area (Å²) in [5.74, 6) is 0. The van der Waals surface area contributed by atoms with E-state index in [2.05, 4.69) is 0 Å². The Bertz CT molecular complexity index is 348. The minimum atomic E-state index is -4.26. The van der Waals surface area contributed by atoms with E-state index in [9.17, 15) is 13.2 Å². The molecular formula is C11H11F3. The lowest BCUT2D eigenvalue weighted by atomic mass is 10.0. The Morgan fingerprint density at radius 3 is 2.43 bits per heavy atom. The van der Waals surface area contributed by atoms with Gasteiger partial charge in [0.1, 0.15) is 0 Å². The van der Waals surface area contributed by atoms with E-state index in [4.69, 9.17) is 0 Å². The molecule has 14 heavy (non-hydrogen) atoms. The van der Waals surface area contributed by atoms with Gasteiger partial charge in [-0.05, 0) is 37.1 Å². The number of hydrogen-bond acceptors (Lipinski definition) is 0. The van der Waals surface area contributed by atoms with Gasteiger partial charge in [0.25, 0.3) is 0 Å². The molecule has 3 heteroatoms. The van der Waals surface area contributed by atoms with Crippen molar-refractivity contribution >= 4 is 5.57 Å². The first-order valence-electron chi connectivity index (χ1n) is 4.25. The molecule has 1 rings (SSSR count). The van der Waals surface area contributed by atoms with E-state index < -0.39 is 11.7 Å². The lowest BCUT2D eigenvalue weighted by molar-refractivity contribution is -0.137. The lowest BCUT2D eigenvalue weighted by Crippen LogP contribution is -2.04. The zero-order valence-corrected chi connectivity index (χ0v) is 8.02. The van der Waals surface area contributed by atoms with Gasteiger partial charge in [0.15, 0.2) is 0 Å². The highest BCUT2D eigenvalue weighted by Crippen LogP contribution is 2.30. The fraction of sp³-hybridized carbons (Fsp3) is 0.273. The fourth-order valence-electron chi connectivity index (χ4n) is 1.11. The molecule has 0 radical (unpaired) electrons. The maximum Gasteiger partial charge on any atom is 0.416 e. The normalized spacial score (nSPS) is 13.1. The number of allylic oxidation sites excluding steroid dienone is 2. The molecule has 0 aliphatic rings. The summed E-state index contributed by atoms with van der Waals surface area (Å²) in [5, 5.41) is 0. The minimum Gasteiger partial charge on any atom is -0.166 e. The van der Waals surface area contributed by atoms with Gasteiger partial charge in [-0.3, -0.25) is 0 Å². The molecule has 0 bridgehead atoms. The van der Waals surface area contributed by atoms with Gasteiger partial charge in [0.05, 0.1) is 5.56 Å². The largest absolute Gasteiger partial charge is 0.416 e. The van der Waals surface area contributed by atoms with Crippen LogP contribution >= 0.6 is 0 Å². The van der Waals surface area contributed by atoms with Crippen molar-refractivity contribution < 1.29 is 13.2 Å². The monoisotopic (exact) mass is 200 g/mol. The second kappa shape index (κ2) is 3.86. The van der Waals surface area contributed by atoms with E-state index in [0.717, 1.165) is 17.7 Å². The third-order valence-corrected chi connectivity index (χ3v) is 2.08. The molecule has 0 saturated heterocycles. The van der Waals surface area contributed by atoms with Crippen LogP contribution in [0.2, 0.25) is 0 Å². The summed E-state index contributed by atoms with van der Waals surface area (Å²) >= 11 is 0. The smallest absolute Gasteiger partial charge is 0.166 e. The molecule has 0 aliphatic carbocycles. The van der Waals surface area contributed by atoms with Gasteiger partial charge in [-0.25, -0.2) is 0 Å². The van der Waals surface area contributed by atoms with Crippen LogP contribution < -0.4 is 0 Å².